The molecular formula is C13H27NO3. The quantitative estimate of drug-likeness (QED) is 0.665. The minimum Gasteiger partial charge on any atom is -0.380 e. The molecule has 0 spiro atoms. The van der Waals surface area contributed by atoms with E-state index in [1.54, 1.807) is 0 Å². The SMILES string of the molecule is CC(C)CCOCCNC(=O)COC(C)(C)C. The molecule has 4 heteroatoms. The van der Waals surface area contributed by atoms with Gasteiger partial charge in [0.25, 0.3) is 0 Å². The molecule has 0 bridgehead atoms. The van der Waals surface area contributed by atoms with Crippen LogP contribution in [0.15, 0.2) is 0 Å². The molecule has 1 amide bonds. The van der Waals surface area contributed by atoms with Crippen molar-refractivity contribution in [2.24, 2.45) is 5.92 Å². The van der Waals surface area contributed by atoms with Crippen molar-refractivity contribution in [1.82, 2.24) is 5.32 Å². The van der Waals surface area contributed by atoms with Gasteiger partial charge in [0.2, 0.25) is 5.91 Å². The zero-order valence-electron chi connectivity index (χ0n) is 11.8. The lowest BCUT2D eigenvalue weighted by Gasteiger charge is -2.18. The minimum atomic E-state index is -0.273. The van der Waals surface area contributed by atoms with E-state index in [9.17, 15) is 4.79 Å². The van der Waals surface area contributed by atoms with E-state index in [0.29, 0.717) is 19.1 Å². The molecule has 0 unspecified atom stereocenters. The standard InChI is InChI=1S/C13H27NO3/c1-11(2)6-8-16-9-7-14-12(15)10-17-13(3,4)5/h11H,6-10H2,1-5H3,(H,14,15). The first-order valence-electron chi connectivity index (χ1n) is 6.29. The number of hydrogen-bond acceptors (Lipinski definition) is 3. The largest absolute Gasteiger partial charge is 0.380 e. The summed E-state index contributed by atoms with van der Waals surface area (Å²) >= 11 is 0. The maximum Gasteiger partial charge on any atom is 0.246 e. The second-order valence-corrected chi connectivity index (χ2v) is 5.55. The van der Waals surface area contributed by atoms with Crippen LogP contribution in [0.5, 0.6) is 0 Å². The van der Waals surface area contributed by atoms with E-state index in [1.807, 2.05) is 20.8 Å². The van der Waals surface area contributed by atoms with E-state index >= 15 is 0 Å². The molecule has 0 rings (SSSR count). The molecule has 0 aliphatic rings. The predicted molar refractivity (Wildman–Crippen MR) is 69.0 cm³/mol. The third-order valence-corrected chi connectivity index (χ3v) is 2.04. The van der Waals surface area contributed by atoms with E-state index < -0.39 is 0 Å². The molecule has 17 heavy (non-hydrogen) atoms. The highest BCUT2D eigenvalue weighted by Crippen LogP contribution is 2.05. The first kappa shape index (κ1) is 16.4. The van der Waals surface area contributed by atoms with Crippen molar-refractivity contribution < 1.29 is 14.3 Å². The van der Waals surface area contributed by atoms with Crippen molar-refractivity contribution >= 4 is 5.91 Å². The lowest BCUT2D eigenvalue weighted by molar-refractivity contribution is -0.130. The number of ether oxygens (including phenoxy) is 2. The van der Waals surface area contributed by atoms with Crippen LogP contribution in [0.4, 0.5) is 0 Å². The molecule has 0 radical (unpaired) electrons. The summed E-state index contributed by atoms with van der Waals surface area (Å²) in [5.41, 5.74) is -0.273. The van der Waals surface area contributed by atoms with E-state index in [1.165, 1.54) is 0 Å². The Morgan fingerprint density at radius 3 is 2.41 bits per heavy atom. The summed E-state index contributed by atoms with van der Waals surface area (Å²) in [7, 11) is 0. The number of hydrogen-bond donors (Lipinski definition) is 1. The average molecular weight is 245 g/mol. The Morgan fingerprint density at radius 2 is 1.88 bits per heavy atom. The number of nitrogens with one attached hydrogen (secondary N) is 1. The molecule has 0 saturated carbocycles. The number of carbonyl (C=O) groups is 1. The van der Waals surface area contributed by atoms with Crippen LogP contribution >= 0.6 is 0 Å². The second kappa shape index (κ2) is 8.48. The zero-order valence-corrected chi connectivity index (χ0v) is 11.8. The molecule has 0 aromatic carbocycles. The lowest BCUT2D eigenvalue weighted by Crippen LogP contribution is -2.34. The van der Waals surface area contributed by atoms with Crippen molar-refractivity contribution in [3.63, 3.8) is 0 Å². The van der Waals surface area contributed by atoms with E-state index in [4.69, 9.17) is 9.47 Å². The Kier molecular flexibility index (Phi) is 8.17. The topological polar surface area (TPSA) is 47.6 Å². The van der Waals surface area contributed by atoms with Crippen LogP contribution in [-0.4, -0.2) is 37.9 Å². The molecule has 0 fully saturated rings. The van der Waals surface area contributed by atoms with Gasteiger partial charge in [0, 0.05) is 13.2 Å². The Morgan fingerprint density at radius 1 is 1.24 bits per heavy atom. The molecule has 102 valence electrons. The fraction of sp³-hybridized carbons (Fsp3) is 0.923. The Labute approximate surface area is 105 Å². The van der Waals surface area contributed by atoms with Crippen LogP contribution in [0.1, 0.15) is 41.0 Å². The highest BCUT2D eigenvalue weighted by Gasteiger charge is 2.12. The van der Waals surface area contributed by atoms with Gasteiger partial charge in [-0.3, -0.25) is 4.79 Å². The molecule has 1 N–H and O–H groups in total. The van der Waals surface area contributed by atoms with Gasteiger partial charge in [-0.25, -0.2) is 0 Å². The van der Waals surface area contributed by atoms with Gasteiger partial charge in [0.15, 0.2) is 0 Å². The summed E-state index contributed by atoms with van der Waals surface area (Å²) in [5.74, 6) is 0.567. The summed E-state index contributed by atoms with van der Waals surface area (Å²) in [5, 5.41) is 2.75. The summed E-state index contributed by atoms with van der Waals surface area (Å²) in [6.07, 6.45) is 1.06. The average Bonchev–Trinajstić information content (AvgIpc) is 2.19. The zero-order chi connectivity index (χ0) is 13.3. The summed E-state index contributed by atoms with van der Waals surface area (Å²) in [6, 6.07) is 0. The minimum absolute atomic E-state index is 0.0904. The Hall–Kier alpha value is -0.610. The van der Waals surface area contributed by atoms with Crippen LogP contribution < -0.4 is 5.32 Å². The Bertz CT molecular complexity index is 209. The molecule has 0 atom stereocenters. The highest BCUT2D eigenvalue weighted by molar-refractivity contribution is 5.77. The maximum atomic E-state index is 11.3. The van der Waals surface area contributed by atoms with Crippen LogP contribution in [0.2, 0.25) is 0 Å². The molecule has 0 saturated heterocycles. The third kappa shape index (κ3) is 13.3. The van der Waals surface area contributed by atoms with Crippen molar-refractivity contribution in [3.05, 3.63) is 0 Å². The van der Waals surface area contributed by atoms with Crippen LogP contribution in [0.3, 0.4) is 0 Å². The number of carbonyl (C=O) groups excluding carboxylic acids is 1. The van der Waals surface area contributed by atoms with Gasteiger partial charge < -0.3 is 14.8 Å². The van der Waals surface area contributed by atoms with Gasteiger partial charge in [0.05, 0.1) is 12.2 Å². The fourth-order valence-corrected chi connectivity index (χ4v) is 1.02. The first-order chi connectivity index (χ1) is 7.81. The van der Waals surface area contributed by atoms with Crippen molar-refractivity contribution in [2.75, 3.05) is 26.4 Å². The Balaban J connectivity index is 3.34. The second-order valence-electron chi connectivity index (χ2n) is 5.55. The number of amides is 1. The van der Waals surface area contributed by atoms with Gasteiger partial charge in [-0.05, 0) is 33.1 Å². The molecule has 4 nitrogen and oxygen atoms in total. The maximum absolute atomic E-state index is 11.3. The fourth-order valence-electron chi connectivity index (χ4n) is 1.02. The van der Waals surface area contributed by atoms with Gasteiger partial charge in [0.1, 0.15) is 6.61 Å². The van der Waals surface area contributed by atoms with Crippen LogP contribution in [-0.2, 0) is 14.3 Å². The van der Waals surface area contributed by atoms with Crippen molar-refractivity contribution in [2.45, 2.75) is 46.6 Å². The lowest BCUT2D eigenvalue weighted by atomic mass is 10.1. The summed E-state index contributed by atoms with van der Waals surface area (Å²) in [6.45, 7) is 12.1. The molecule has 0 aliphatic carbocycles. The van der Waals surface area contributed by atoms with Gasteiger partial charge in [-0.1, -0.05) is 13.8 Å². The van der Waals surface area contributed by atoms with E-state index in [0.717, 1.165) is 13.0 Å². The smallest absolute Gasteiger partial charge is 0.246 e. The normalized spacial score (nSPS) is 11.9. The summed E-state index contributed by atoms with van der Waals surface area (Å²) in [4.78, 5) is 11.3. The number of rotatable bonds is 8. The van der Waals surface area contributed by atoms with E-state index in [2.05, 4.69) is 19.2 Å². The monoisotopic (exact) mass is 245 g/mol. The highest BCUT2D eigenvalue weighted by atomic mass is 16.5. The van der Waals surface area contributed by atoms with Gasteiger partial charge in [-0.2, -0.15) is 0 Å². The molecule has 0 aromatic rings. The first-order valence-corrected chi connectivity index (χ1v) is 6.29. The van der Waals surface area contributed by atoms with Crippen LogP contribution in [0, 0.1) is 5.92 Å². The summed E-state index contributed by atoms with van der Waals surface area (Å²) < 4.78 is 10.7. The molecule has 0 heterocycles. The van der Waals surface area contributed by atoms with Crippen LogP contribution in [0.25, 0.3) is 0 Å². The van der Waals surface area contributed by atoms with Gasteiger partial charge >= 0.3 is 0 Å². The van der Waals surface area contributed by atoms with Crippen molar-refractivity contribution in [1.29, 1.82) is 0 Å². The van der Waals surface area contributed by atoms with Crippen molar-refractivity contribution in [3.8, 4) is 0 Å². The predicted octanol–water partition coefficient (Wildman–Crippen LogP) is 1.98. The molecular weight excluding hydrogens is 218 g/mol. The third-order valence-electron chi connectivity index (χ3n) is 2.04. The van der Waals surface area contributed by atoms with E-state index in [-0.39, 0.29) is 18.1 Å². The molecule has 0 aliphatic heterocycles. The molecule has 0 aromatic heterocycles. The van der Waals surface area contributed by atoms with Gasteiger partial charge in [-0.15, -0.1) is 0 Å².